The Morgan fingerprint density at radius 2 is 1.81 bits per heavy atom. The van der Waals surface area contributed by atoms with Gasteiger partial charge in [-0.25, -0.2) is 4.79 Å². The van der Waals surface area contributed by atoms with E-state index in [9.17, 15) is 30.1 Å². The van der Waals surface area contributed by atoms with Gasteiger partial charge in [0.25, 0.3) is 11.6 Å². The van der Waals surface area contributed by atoms with Crippen molar-refractivity contribution in [2.24, 2.45) is 0 Å². The number of benzene rings is 3. The molecule has 0 heterocycles. The number of aromatic hydroxyl groups is 1. The number of methoxy groups -OCH3 is 2. The first-order valence-electron chi connectivity index (χ1n) is 10.3. The van der Waals surface area contributed by atoms with E-state index < -0.39 is 22.5 Å². The lowest BCUT2D eigenvalue weighted by Gasteiger charge is -2.13. The number of phenolic OH excluding ortho intramolecular Hbond substituents is 1. The van der Waals surface area contributed by atoms with Crippen LogP contribution in [0.25, 0.3) is 6.08 Å². The zero-order valence-electron chi connectivity index (χ0n) is 19.4. The van der Waals surface area contributed by atoms with Crippen LogP contribution in [0.1, 0.15) is 15.9 Å². The third-order valence-corrected chi connectivity index (χ3v) is 5.69. The molecule has 0 fully saturated rings. The number of nitrogens with one attached hydrogen (secondary N) is 1. The normalized spacial score (nSPS) is 10.7. The first-order chi connectivity index (χ1) is 17.7. The standard InChI is InChI=1S/C25H18IN3O8/c1-35-18-6-3-15(4-7-18)25(32)37-23-19(26)10-14(11-22(23)36-2)9-16(13-27)24(31)28-20-8-5-17(29(33)34)12-21(20)30/h3-12,30H,1-2H3,(H,28,31). The summed E-state index contributed by atoms with van der Waals surface area (Å²) in [6.07, 6.45) is 1.28. The number of phenols is 1. The highest BCUT2D eigenvalue weighted by atomic mass is 127. The summed E-state index contributed by atoms with van der Waals surface area (Å²) < 4.78 is 16.4. The molecule has 3 aromatic rings. The number of nitro benzene ring substituents is 1. The molecule has 37 heavy (non-hydrogen) atoms. The zero-order chi connectivity index (χ0) is 27.1. The summed E-state index contributed by atoms with van der Waals surface area (Å²) in [4.78, 5) is 35.3. The van der Waals surface area contributed by atoms with Gasteiger partial charge in [0.05, 0.1) is 40.0 Å². The number of nitro groups is 1. The van der Waals surface area contributed by atoms with Gasteiger partial charge in [-0.3, -0.25) is 14.9 Å². The lowest BCUT2D eigenvalue weighted by atomic mass is 10.1. The highest BCUT2D eigenvalue weighted by molar-refractivity contribution is 14.1. The zero-order valence-corrected chi connectivity index (χ0v) is 21.5. The van der Waals surface area contributed by atoms with Crippen molar-refractivity contribution in [3.8, 4) is 29.1 Å². The fourth-order valence-corrected chi connectivity index (χ4v) is 3.78. The Kier molecular flexibility index (Phi) is 8.64. The van der Waals surface area contributed by atoms with Gasteiger partial charge in [-0.15, -0.1) is 0 Å². The quantitative estimate of drug-likeness (QED) is 0.0536. The van der Waals surface area contributed by atoms with E-state index in [0.717, 1.165) is 18.2 Å². The Bertz CT molecular complexity index is 1450. The molecule has 0 radical (unpaired) electrons. The first kappa shape index (κ1) is 27.0. The van der Waals surface area contributed by atoms with Crippen molar-refractivity contribution in [2.75, 3.05) is 19.5 Å². The SMILES string of the molecule is COc1ccc(C(=O)Oc2c(I)cc(C=C(C#N)C(=O)Nc3ccc([N+](=O)[O-])cc3O)cc2OC)cc1. The summed E-state index contributed by atoms with van der Waals surface area (Å²) in [5.74, 6) is -1.08. The molecule has 2 N–H and O–H groups in total. The monoisotopic (exact) mass is 615 g/mol. The molecule has 0 atom stereocenters. The number of carbonyl (C=O) groups excluding carboxylic acids is 2. The molecule has 0 aliphatic rings. The highest BCUT2D eigenvalue weighted by Crippen LogP contribution is 2.35. The van der Waals surface area contributed by atoms with Crippen molar-refractivity contribution in [3.63, 3.8) is 0 Å². The van der Waals surface area contributed by atoms with E-state index in [-0.39, 0.29) is 28.4 Å². The molecule has 12 heteroatoms. The van der Waals surface area contributed by atoms with Crippen molar-refractivity contribution < 1.29 is 33.8 Å². The van der Waals surface area contributed by atoms with Crippen molar-refractivity contribution in [3.05, 3.63) is 85.0 Å². The highest BCUT2D eigenvalue weighted by Gasteiger charge is 2.19. The summed E-state index contributed by atoms with van der Waals surface area (Å²) in [6.45, 7) is 0. The van der Waals surface area contributed by atoms with Gasteiger partial charge in [0.15, 0.2) is 11.5 Å². The van der Waals surface area contributed by atoms with Gasteiger partial charge in [-0.2, -0.15) is 5.26 Å². The van der Waals surface area contributed by atoms with E-state index in [4.69, 9.17) is 14.2 Å². The third kappa shape index (κ3) is 6.53. The van der Waals surface area contributed by atoms with E-state index in [2.05, 4.69) is 5.32 Å². The number of rotatable bonds is 8. The van der Waals surface area contributed by atoms with Crippen LogP contribution < -0.4 is 19.5 Å². The summed E-state index contributed by atoms with van der Waals surface area (Å²) >= 11 is 1.93. The fourth-order valence-electron chi connectivity index (χ4n) is 3.05. The van der Waals surface area contributed by atoms with Gasteiger partial charge >= 0.3 is 5.97 Å². The molecule has 3 aromatic carbocycles. The number of anilines is 1. The van der Waals surface area contributed by atoms with E-state index in [1.54, 1.807) is 36.4 Å². The van der Waals surface area contributed by atoms with Crippen LogP contribution in [0.4, 0.5) is 11.4 Å². The average Bonchev–Trinajstić information content (AvgIpc) is 2.89. The predicted molar refractivity (Wildman–Crippen MR) is 141 cm³/mol. The smallest absolute Gasteiger partial charge is 0.343 e. The Morgan fingerprint density at radius 3 is 2.38 bits per heavy atom. The summed E-state index contributed by atoms with van der Waals surface area (Å²) in [5.41, 5.74) is -0.102. The molecule has 1 amide bonds. The summed E-state index contributed by atoms with van der Waals surface area (Å²) in [6, 6.07) is 14.3. The number of nitriles is 1. The molecule has 0 bridgehead atoms. The second kappa shape index (κ2) is 11.9. The van der Waals surface area contributed by atoms with Crippen LogP contribution in [-0.2, 0) is 4.79 Å². The molecular formula is C25H18IN3O8. The number of carbonyl (C=O) groups is 2. The number of esters is 1. The molecule has 0 unspecified atom stereocenters. The van der Waals surface area contributed by atoms with Crippen LogP contribution in [0.3, 0.4) is 0 Å². The predicted octanol–water partition coefficient (Wildman–Crippen LogP) is 4.69. The van der Waals surface area contributed by atoms with Gasteiger partial charge in [0.2, 0.25) is 0 Å². The van der Waals surface area contributed by atoms with Crippen molar-refractivity contribution in [1.82, 2.24) is 0 Å². The molecule has 11 nitrogen and oxygen atoms in total. The van der Waals surface area contributed by atoms with Gasteiger partial charge in [-0.1, -0.05) is 0 Å². The van der Waals surface area contributed by atoms with Crippen LogP contribution in [0.5, 0.6) is 23.0 Å². The van der Waals surface area contributed by atoms with E-state index in [1.807, 2.05) is 22.6 Å². The molecule has 0 spiro atoms. The van der Waals surface area contributed by atoms with Gasteiger partial charge in [-0.05, 0) is 76.7 Å². The number of ether oxygens (including phenoxy) is 3. The molecule has 3 rings (SSSR count). The molecular weight excluding hydrogens is 597 g/mol. The number of non-ortho nitro benzene ring substituents is 1. The number of halogens is 1. The van der Waals surface area contributed by atoms with E-state index in [0.29, 0.717) is 20.4 Å². The Morgan fingerprint density at radius 1 is 1.11 bits per heavy atom. The van der Waals surface area contributed by atoms with Crippen LogP contribution in [0, 0.1) is 25.0 Å². The van der Waals surface area contributed by atoms with Crippen LogP contribution in [-0.4, -0.2) is 36.1 Å². The minimum atomic E-state index is -0.851. The molecule has 0 aliphatic carbocycles. The number of amides is 1. The first-order valence-corrected chi connectivity index (χ1v) is 11.4. The Hall–Kier alpha value is -4.64. The lowest BCUT2D eigenvalue weighted by molar-refractivity contribution is -0.384. The second-order valence-corrected chi connectivity index (χ2v) is 8.40. The van der Waals surface area contributed by atoms with E-state index >= 15 is 0 Å². The Balaban J connectivity index is 1.84. The van der Waals surface area contributed by atoms with Crippen LogP contribution >= 0.6 is 22.6 Å². The largest absolute Gasteiger partial charge is 0.506 e. The van der Waals surface area contributed by atoms with Crippen LogP contribution in [0.2, 0.25) is 0 Å². The topological polar surface area (TPSA) is 161 Å². The van der Waals surface area contributed by atoms with Gasteiger partial charge in [0, 0.05) is 6.07 Å². The summed E-state index contributed by atoms with van der Waals surface area (Å²) in [5, 5.41) is 32.6. The maximum absolute atomic E-state index is 12.6. The number of nitrogens with zero attached hydrogens (tertiary/aromatic N) is 2. The molecule has 0 saturated carbocycles. The number of hydrogen-bond acceptors (Lipinski definition) is 9. The maximum atomic E-state index is 12.6. The molecule has 0 aliphatic heterocycles. The summed E-state index contributed by atoms with van der Waals surface area (Å²) in [7, 11) is 2.89. The van der Waals surface area contributed by atoms with Crippen molar-refractivity contribution >= 4 is 51.9 Å². The molecule has 188 valence electrons. The lowest BCUT2D eigenvalue weighted by Crippen LogP contribution is -2.13. The second-order valence-electron chi connectivity index (χ2n) is 7.23. The van der Waals surface area contributed by atoms with Gasteiger partial charge < -0.3 is 24.6 Å². The van der Waals surface area contributed by atoms with E-state index in [1.165, 1.54) is 26.4 Å². The van der Waals surface area contributed by atoms with Crippen molar-refractivity contribution in [1.29, 1.82) is 5.26 Å². The minimum Gasteiger partial charge on any atom is -0.506 e. The molecule has 0 aromatic heterocycles. The maximum Gasteiger partial charge on any atom is 0.343 e. The van der Waals surface area contributed by atoms with Crippen molar-refractivity contribution in [2.45, 2.75) is 0 Å². The van der Waals surface area contributed by atoms with Crippen LogP contribution in [0.15, 0.2) is 60.2 Å². The average molecular weight is 615 g/mol. The van der Waals surface area contributed by atoms with Gasteiger partial charge in [0.1, 0.15) is 23.1 Å². The number of hydrogen-bond donors (Lipinski definition) is 2. The Labute approximate surface area is 224 Å². The fraction of sp³-hybridized carbons (Fsp3) is 0.0800. The minimum absolute atomic E-state index is 0.107. The molecule has 0 saturated heterocycles. The third-order valence-electron chi connectivity index (χ3n) is 4.89.